The van der Waals surface area contributed by atoms with Gasteiger partial charge in [-0.1, -0.05) is 25.7 Å². The van der Waals surface area contributed by atoms with E-state index in [9.17, 15) is 4.79 Å². The Morgan fingerprint density at radius 2 is 1.57 bits per heavy atom. The number of ether oxygens (including phenoxy) is 3. The van der Waals surface area contributed by atoms with Gasteiger partial charge in [-0.15, -0.1) is 0 Å². The molecule has 0 heterocycles. The number of amides is 1. The topological polar surface area (TPSA) is 77.0 Å². The summed E-state index contributed by atoms with van der Waals surface area (Å²) < 4.78 is 15.7. The molecule has 0 aromatic rings. The molecular weight excluding hydrogens is 298 g/mol. The van der Waals surface area contributed by atoms with Crippen molar-refractivity contribution in [3.8, 4) is 0 Å². The van der Waals surface area contributed by atoms with Crippen LogP contribution in [0.5, 0.6) is 0 Å². The lowest BCUT2D eigenvalue weighted by Crippen LogP contribution is -2.26. The van der Waals surface area contributed by atoms with Gasteiger partial charge in [-0.05, 0) is 18.8 Å². The first-order valence-corrected chi connectivity index (χ1v) is 8.93. The third-order valence-electron chi connectivity index (χ3n) is 4.04. The summed E-state index contributed by atoms with van der Waals surface area (Å²) in [5.74, 6) is 0.957. The largest absolute Gasteiger partial charge is 0.394 e. The molecule has 136 valence electrons. The first-order valence-electron chi connectivity index (χ1n) is 8.93. The van der Waals surface area contributed by atoms with Crippen molar-refractivity contribution in [1.82, 2.24) is 5.32 Å². The number of aliphatic hydroxyl groups excluding tert-OH is 1. The fourth-order valence-corrected chi connectivity index (χ4v) is 2.78. The SMILES string of the molecule is O=C(CCOCCOCCOCCO)NCCCC1CCCC1. The highest BCUT2D eigenvalue weighted by Gasteiger charge is 2.14. The van der Waals surface area contributed by atoms with Crippen LogP contribution >= 0.6 is 0 Å². The van der Waals surface area contributed by atoms with Gasteiger partial charge in [0, 0.05) is 13.0 Å². The van der Waals surface area contributed by atoms with E-state index < -0.39 is 0 Å². The van der Waals surface area contributed by atoms with Crippen molar-refractivity contribution in [2.75, 3.05) is 52.8 Å². The zero-order valence-electron chi connectivity index (χ0n) is 14.3. The molecule has 1 aliphatic carbocycles. The Bertz CT molecular complexity index is 282. The van der Waals surface area contributed by atoms with Gasteiger partial charge in [0.2, 0.25) is 5.91 Å². The molecular formula is C17H33NO5. The first kappa shape index (κ1) is 20.4. The molecule has 0 atom stereocenters. The molecule has 1 fully saturated rings. The zero-order valence-corrected chi connectivity index (χ0v) is 14.3. The fourth-order valence-electron chi connectivity index (χ4n) is 2.78. The Morgan fingerprint density at radius 1 is 0.957 bits per heavy atom. The van der Waals surface area contributed by atoms with Gasteiger partial charge in [0.25, 0.3) is 0 Å². The van der Waals surface area contributed by atoms with Crippen LogP contribution in [0.1, 0.15) is 44.9 Å². The average molecular weight is 331 g/mol. The smallest absolute Gasteiger partial charge is 0.222 e. The van der Waals surface area contributed by atoms with Gasteiger partial charge in [0.05, 0.1) is 46.2 Å². The van der Waals surface area contributed by atoms with Crippen LogP contribution in [0.3, 0.4) is 0 Å². The Labute approximate surface area is 139 Å². The summed E-state index contributed by atoms with van der Waals surface area (Å²) in [4.78, 5) is 11.6. The molecule has 0 radical (unpaired) electrons. The fraction of sp³-hybridized carbons (Fsp3) is 0.941. The molecule has 0 aliphatic heterocycles. The highest BCUT2D eigenvalue weighted by molar-refractivity contribution is 5.75. The minimum absolute atomic E-state index is 0.0335. The monoisotopic (exact) mass is 331 g/mol. The molecule has 2 N–H and O–H groups in total. The van der Waals surface area contributed by atoms with Crippen LogP contribution < -0.4 is 5.32 Å². The van der Waals surface area contributed by atoms with E-state index >= 15 is 0 Å². The van der Waals surface area contributed by atoms with E-state index in [1.165, 1.54) is 32.1 Å². The lowest BCUT2D eigenvalue weighted by Gasteiger charge is -2.09. The van der Waals surface area contributed by atoms with Crippen molar-refractivity contribution >= 4 is 5.91 Å². The van der Waals surface area contributed by atoms with Gasteiger partial charge in [-0.3, -0.25) is 4.79 Å². The summed E-state index contributed by atoms with van der Waals surface area (Å²) in [6, 6.07) is 0. The van der Waals surface area contributed by atoms with E-state index in [1.807, 2.05) is 0 Å². The van der Waals surface area contributed by atoms with Crippen molar-refractivity contribution < 1.29 is 24.1 Å². The number of carbonyl (C=O) groups is 1. The minimum atomic E-state index is 0.0335. The number of carbonyl (C=O) groups excluding carboxylic acids is 1. The molecule has 0 bridgehead atoms. The van der Waals surface area contributed by atoms with Crippen LogP contribution in [-0.4, -0.2) is 63.8 Å². The van der Waals surface area contributed by atoms with Crippen LogP contribution in [0.25, 0.3) is 0 Å². The standard InChI is InChI=1S/C17H33NO5/c19-9-11-22-13-15-23-14-12-21-10-7-17(20)18-8-3-6-16-4-1-2-5-16/h16,19H,1-15H2,(H,18,20). The lowest BCUT2D eigenvalue weighted by atomic mass is 10.0. The molecule has 0 spiro atoms. The number of hydrogen-bond acceptors (Lipinski definition) is 5. The number of nitrogens with one attached hydrogen (secondary N) is 1. The Kier molecular flexibility index (Phi) is 13.2. The molecule has 1 amide bonds. The van der Waals surface area contributed by atoms with Crippen LogP contribution in [-0.2, 0) is 19.0 Å². The summed E-state index contributed by atoms with van der Waals surface area (Å²) >= 11 is 0. The molecule has 0 aromatic heterocycles. The predicted molar refractivity (Wildman–Crippen MR) is 88.4 cm³/mol. The summed E-state index contributed by atoms with van der Waals surface area (Å²) in [6.07, 6.45) is 8.25. The second-order valence-electron chi connectivity index (χ2n) is 5.95. The van der Waals surface area contributed by atoms with Crippen molar-refractivity contribution in [3.05, 3.63) is 0 Å². The van der Waals surface area contributed by atoms with Crippen LogP contribution in [0, 0.1) is 5.92 Å². The maximum atomic E-state index is 11.6. The molecule has 1 rings (SSSR count). The van der Waals surface area contributed by atoms with E-state index in [0.29, 0.717) is 46.1 Å². The third kappa shape index (κ3) is 12.4. The van der Waals surface area contributed by atoms with Crippen LogP contribution in [0.2, 0.25) is 0 Å². The highest BCUT2D eigenvalue weighted by Crippen LogP contribution is 2.28. The van der Waals surface area contributed by atoms with Crippen LogP contribution in [0.4, 0.5) is 0 Å². The van der Waals surface area contributed by atoms with Gasteiger partial charge in [0.1, 0.15) is 0 Å². The van der Waals surface area contributed by atoms with E-state index in [4.69, 9.17) is 19.3 Å². The molecule has 0 saturated heterocycles. The molecule has 0 unspecified atom stereocenters. The van der Waals surface area contributed by atoms with Crippen LogP contribution in [0.15, 0.2) is 0 Å². The van der Waals surface area contributed by atoms with Crippen molar-refractivity contribution in [2.24, 2.45) is 5.92 Å². The van der Waals surface area contributed by atoms with Gasteiger partial charge in [-0.2, -0.15) is 0 Å². The quantitative estimate of drug-likeness (QED) is 0.445. The van der Waals surface area contributed by atoms with Crippen molar-refractivity contribution in [1.29, 1.82) is 0 Å². The van der Waals surface area contributed by atoms with Gasteiger partial charge < -0.3 is 24.6 Å². The minimum Gasteiger partial charge on any atom is -0.394 e. The molecule has 0 aromatic carbocycles. The first-order chi connectivity index (χ1) is 11.3. The van der Waals surface area contributed by atoms with Gasteiger partial charge >= 0.3 is 0 Å². The zero-order chi connectivity index (χ0) is 16.6. The maximum absolute atomic E-state index is 11.6. The number of hydrogen-bond donors (Lipinski definition) is 2. The third-order valence-corrected chi connectivity index (χ3v) is 4.04. The molecule has 6 nitrogen and oxygen atoms in total. The Hall–Kier alpha value is -0.690. The molecule has 1 aliphatic rings. The molecule has 6 heteroatoms. The summed E-state index contributed by atoms with van der Waals surface area (Å²) in [7, 11) is 0. The molecule has 1 saturated carbocycles. The van der Waals surface area contributed by atoms with Crippen molar-refractivity contribution in [3.63, 3.8) is 0 Å². The normalized spacial score (nSPS) is 15.2. The maximum Gasteiger partial charge on any atom is 0.222 e. The second-order valence-corrected chi connectivity index (χ2v) is 5.95. The van der Waals surface area contributed by atoms with E-state index in [2.05, 4.69) is 5.32 Å². The Morgan fingerprint density at radius 3 is 2.22 bits per heavy atom. The summed E-state index contributed by atoms with van der Waals surface area (Å²) in [5, 5.41) is 11.5. The average Bonchev–Trinajstić information content (AvgIpc) is 3.07. The Balaban J connectivity index is 1.75. The summed E-state index contributed by atoms with van der Waals surface area (Å²) in [5.41, 5.74) is 0. The second kappa shape index (κ2) is 14.9. The molecule has 23 heavy (non-hydrogen) atoms. The van der Waals surface area contributed by atoms with E-state index in [1.54, 1.807) is 0 Å². The van der Waals surface area contributed by atoms with Gasteiger partial charge in [0.15, 0.2) is 0 Å². The summed E-state index contributed by atoms with van der Waals surface area (Å²) in [6.45, 7) is 3.53. The van der Waals surface area contributed by atoms with Gasteiger partial charge in [-0.25, -0.2) is 0 Å². The van der Waals surface area contributed by atoms with E-state index in [0.717, 1.165) is 18.9 Å². The predicted octanol–water partition coefficient (Wildman–Crippen LogP) is 1.51. The van der Waals surface area contributed by atoms with E-state index in [-0.39, 0.29) is 12.5 Å². The van der Waals surface area contributed by atoms with Crippen molar-refractivity contribution in [2.45, 2.75) is 44.9 Å². The lowest BCUT2D eigenvalue weighted by molar-refractivity contribution is -0.122. The number of rotatable bonds is 15. The number of aliphatic hydroxyl groups is 1. The highest BCUT2D eigenvalue weighted by atomic mass is 16.5.